The van der Waals surface area contributed by atoms with E-state index in [4.69, 9.17) is 10.5 Å². The first-order valence-electron chi connectivity index (χ1n) is 5.40. The first-order valence-corrected chi connectivity index (χ1v) is 5.40. The lowest BCUT2D eigenvalue weighted by Crippen LogP contribution is -1.95. The Morgan fingerprint density at radius 3 is 2.42 bits per heavy atom. The van der Waals surface area contributed by atoms with Crippen LogP contribution in [0.25, 0.3) is 11.1 Å². The number of rotatable bonds is 3. The van der Waals surface area contributed by atoms with Gasteiger partial charge in [-0.25, -0.2) is 4.39 Å². The zero-order chi connectivity index (χ0) is 14.0. The second kappa shape index (κ2) is 4.93. The Bertz CT molecular complexity index is 627. The molecule has 0 heterocycles. The maximum Gasteiger partial charge on any atom is 0.269 e. The van der Waals surface area contributed by atoms with E-state index in [9.17, 15) is 14.5 Å². The molecule has 0 aliphatic carbocycles. The Hall–Kier alpha value is -2.63. The van der Waals surface area contributed by atoms with Gasteiger partial charge < -0.3 is 10.5 Å². The number of hydrogen-bond acceptors (Lipinski definition) is 4. The van der Waals surface area contributed by atoms with E-state index in [2.05, 4.69) is 0 Å². The molecule has 2 aromatic carbocycles. The van der Waals surface area contributed by atoms with Crippen molar-refractivity contribution in [3.63, 3.8) is 0 Å². The number of halogens is 1. The lowest BCUT2D eigenvalue weighted by atomic mass is 10.0. The van der Waals surface area contributed by atoms with Crippen LogP contribution in [0, 0.1) is 15.9 Å². The van der Waals surface area contributed by atoms with Crippen molar-refractivity contribution in [3.8, 4) is 16.9 Å². The molecule has 0 aromatic heterocycles. The van der Waals surface area contributed by atoms with Crippen LogP contribution < -0.4 is 10.5 Å². The highest BCUT2D eigenvalue weighted by atomic mass is 19.1. The molecular weight excluding hydrogens is 251 g/mol. The molecule has 2 N–H and O–H groups in total. The van der Waals surface area contributed by atoms with Crippen LogP contribution in [0.1, 0.15) is 0 Å². The number of anilines is 1. The van der Waals surface area contributed by atoms with E-state index < -0.39 is 10.7 Å². The van der Waals surface area contributed by atoms with Crippen LogP contribution in [0.2, 0.25) is 0 Å². The normalized spacial score (nSPS) is 10.2. The van der Waals surface area contributed by atoms with Crippen molar-refractivity contribution in [3.05, 3.63) is 52.3 Å². The molecule has 0 radical (unpaired) electrons. The molecule has 0 aliphatic rings. The van der Waals surface area contributed by atoms with Gasteiger partial charge in [-0.1, -0.05) is 0 Å². The quantitative estimate of drug-likeness (QED) is 0.524. The van der Waals surface area contributed by atoms with Crippen LogP contribution in [0.15, 0.2) is 36.4 Å². The summed E-state index contributed by atoms with van der Waals surface area (Å²) in [5, 5.41) is 10.6. The van der Waals surface area contributed by atoms with Crippen molar-refractivity contribution in [2.24, 2.45) is 0 Å². The van der Waals surface area contributed by atoms with E-state index >= 15 is 0 Å². The lowest BCUT2D eigenvalue weighted by Gasteiger charge is -2.10. The smallest absolute Gasteiger partial charge is 0.269 e. The Morgan fingerprint density at radius 1 is 1.26 bits per heavy atom. The molecule has 0 saturated carbocycles. The van der Waals surface area contributed by atoms with Crippen LogP contribution in [0.3, 0.4) is 0 Å². The Balaban J connectivity index is 2.55. The third-order valence-electron chi connectivity index (χ3n) is 2.66. The highest BCUT2D eigenvalue weighted by Crippen LogP contribution is 2.35. The molecule has 98 valence electrons. The number of ether oxygens (including phenoxy) is 1. The molecule has 0 aliphatic heterocycles. The van der Waals surface area contributed by atoms with Crippen LogP contribution >= 0.6 is 0 Å². The number of nitro groups is 1. The second-order valence-corrected chi connectivity index (χ2v) is 3.88. The molecule has 0 saturated heterocycles. The summed E-state index contributed by atoms with van der Waals surface area (Å²) in [4.78, 5) is 10.1. The van der Waals surface area contributed by atoms with Gasteiger partial charge in [-0.05, 0) is 23.8 Å². The molecule has 0 fully saturated rings. The first-order chi connectivity index (χ1) is 9.02. The molecule has 2 rings (SSSR count). The number of nitrogens with two attached hydrogens (primary N) is 1. The minimum atomic E-state index is -0.536. The summed E-state index contributed by atoms with van der Waals surface area (Å²) in [5.74, 6) is -0.253. The fourth-order valence-electron chi connectivity index (χ4n) is 1.79. The fourth-order valence-corrected chi connectivity index (χ4v) is 1.79. The van der Waals surface area contributed by atoms with Crippen molar-refractivity contribution in [1.29, 1.82) is 0 Å². The van der Waals surface area contributed by atoms with Gasteiger partial charge >= 0.3 is 0 Å². The maximum atomic E-state index is 13.9. The predicted molar refractivity (Wildman–Crippen MR) is 69.5 cm³/mol. The monoisotopic (exact) mass is 262 g/mol. The number of benzene rings is 2. The zero-order valence-electron chi connectivity index (χ0n) is 10.1. The maximum absolute atomic E-state index is 13.9. The van der Waals surface area contributed by atoms with E-state index in [1.54, 1.807) is 0 Å². The van der Waals surface area contributed by atoms with Gasteiger partial charge in [0.05, 0.1) is 17.6 Å². The standard InChI is InChI=1S/C13H11FN2O3/c1-19-12-7-9(15)6-11(14)13(12)8-2-4-10(5-3-8)16(17)18/h2-7H,15H2,1H3. The van der Waals surface area contributed by atoms with Crippen molar-refractivity contribution in [2.45, 2.75) is 0 Å². The zero-order valence-corrected chi connectivity index (χ0v) is 10.1. The van der Waals surface area contributed by atoms with Crippen molar-refractivity contribution < 1.29 is 14.1 Å². The van der Waals surface area contributed by atoms with Gasteiger partial charge in [-0.3, -0.25) is 10.1 Å². The van der Waals surface area contributed by atoms with Crippen molar-refractivity contribution >= 4 is 11.4 Å². The molecule has 2 aromatic rings. The molecule has 6 heteroatoms. The molecular formula is C13H11FN2O3. The van der Waals surface area contributed by atoms with E-state index in [1.165, 1.54) is 43.5 Å². The highest BCUT2D eigenvalue weighted by molar-refractivity contribution is 5.74. The summed E-state index contributed by atoms with van der Waals surface area (Å²) in [7, 11) is 1.41. The van der Waals surface area contributed by atoms with Crippen LogP contribution in [0.4, 0.5) is 15.8 Å². The van der Waals surface area contributed by atoms with Gasteiger partial charge in [0.2, 0.25) is 0 Å². The van der Waals surface area contributed by atoms with Gasteiger partial charge in [0.1, 0.15) is 11.6 Å². The summed E-state index contributed by atoms with van der Waals surface area (Å²) in [6.07, 6.45) is 0. The minimum absolute atomic E-state index is 0.0569. The summed E-state index contributed by atoms with van der Waals surface area (Å²) in [5.41, 5.74) is 6.44. The first kappa shape index (κ1) is 12.8. The molecule has 0 atom stereocenters. The SMILES string of the molecule is COc1cc(N)cc(F)c1-c1ccc([N+](=O)[O-])cc1. The van der Waals surface area contributed by atoms with Gasteiger partial charge in [0.15, 0.2) is 0 Å². The summed E-state index contributed by atoms with van der Waals surface area (Å²) >= 11 is 0. The van der Waals surface area contributed by atoms with Gasteiger partial charge in [0.25, 0.3) is 5.69 Å². The number of nitrogens with zero attached hydrogens (tertiary/aromatic N) is 1. The highest BCUT2D eigenvalue weighted by Gasteiger charge is 2.14. The van der Waals surface area contributed by atoms with Gasteiger partial charge in [-0.2, -0.15) is 0 Å². The Labute approximate surface area is 108 Å². The van der Waals surface area contributed by atoms with Crippen LogP contribution in [-0.4, -0.2) is 12.0 Å². The molecule has 0 amide bonds. The summed E-state index contributed by atoms with van der Waals surface area (Å²) < 4.78 is 19.0. The predicted octanol–water partition coefficient (Wildman–Crippen LogP) is 2.99. The number of non-ortho nitro benzene ring substituents is 1. The van der Waals surface area contributed by atoms with E-state index in [0.717, 1.165) is 0 Å². The van der Waals surface area contributed by atoms with E-state index in [-0.39, 0.29) is 22.7 Å². The van der Waals surface area contributed by atoms with E-state index in [1.807, 2.05) is 0 Å². The third-order valence-corrected chi connectivity index (χ3v) is 2.66. The molecule has 0 unspecified atom stereocenters. The number of nitro benzene ring substituents is 1. The number of hydrogen-bond donors (Lipinski definition) is 1. The van der Waals surface area contributed by atoms with E-state index in [0.29, 0.717) is 5.56 Å². The Morgan fingerprint density at radius 2 is 1.89 bits per heavy atom. The summed E-state index contributed by atoms with van der Waals surface area (Å²) in [6, 6.07) is 8.23. The molecule has 0 bridgehead atoms. The lowest BCUT2D eigenvalue weighted by molar-refractivity contribution is -0.384. The second-order valence-electron chi connectivity index (χ2n) is 3.88. The van der Waals surface area contributed by atoms with Gasteiger partial charge in [-0.15, -0.1) is 0 Å². The third kappa shape index (κ3) is 2.47. The summed E-state index contributed by atoms with van der Waals surface area (Å²) in [6.45, 7) is 0. The molecule has 19 heavy (non-hydrogen) atoms. The average Bonchev–Trinajstić information content (AvgIpc) is 2.38. The van der Waals surface area contributed by atoms with Gasteiger partial charge in [0, 0.05) is 23.9 Å². The number of nitrogen functional groups attached to an aromatic ring is 1. The Kier molecular flexibility index (Phi) is 3.33. The van der Waals surface area contributed by atoms with Crippen molar-refractivity contribution in [2.75, 3.05) is 12.8 Å². The molecule has 5 nitrogen and oxygen atoms in total. The fraction of sp³-hybridized carbons (Fsp3) is 0.0769. The van der Waals surface area contributed by atoms with Crippen LogP contribution in [-0.2, 0) is 0 Å². The number of methoxy groups -OCH3 is 1. The molecule has 0 spiro atoms. The average molecular weight is 262 g/mol. The minimum Gasteiger partial charge on any atom is -0.496 e. The van der Waals surface area contributed by atoms with Crippen LogP contribution in [0.5, 0.6) is 5.75 Å². The van der Waals surface area contributed by atoms with Crippen molar-refractivity contribution in [1.82, 2.24) is 0 Å². The largest absolute Gasteiger partial charge is 0.496 e. The topological polar surface area (TPSA) is 78.4 Å².